The molecule has 0 unspecified atom stereocenters. The van der Waals surface area contributed by atoms with Crippen LogP contribution in [0.25, 0.3) is 10.9 Å². The van der Waals surface area contributed by atoms with Gasteiger partial charge in [0.2, 0.25) is 0 Å². The lowest BCUT2D eigenvalue weighted by Crippen LogP contribution is -2.25. The Kier molecular flexibility index (Phi) is 9.02. The van der Waals surface area contributed by atoms with Crippen LogP contribution in [0.3, 0.4) is 0 Å². The van der Waals surface area contributed by atoms with E-state index in [2.05, 4.69) is 45.4 Å². The van der Waals surface area contributed by atoms with E-state index >= 15 is 0 Å². The number of carbonyl (C=O) groups is 1. The summed E-state index contributed by atoms with van der Waals surface area (Å²) in [5, 5.41) is 17.4. The number of benzene rings is 2. The van der Waals surface area contributed by atoms with Gasteiger partial charge in [-0.3, -0.25) is 10.3 Å². The molecule has 0 atom stereocenters. The van der Waals surface area contributed by atoms with Crippen LogP contribution in [0.5, 0.6) is 17.2 Å². The van der Waals surface area contributed by atoms with Crippen molar-refractivity contribution in [3.8, 4) is 23.3 Å². The number of amides is 2. The van der Waals surface area contributed by atoms with E-state index in [1.807, 2.05) is 0 Å². The van der Waals surface area contributed by atoms with E-state index in [9.17, 15) is 14.4 Å². The molecule has 4 rings (SSSR count). The Balaban J connectivity index is 1.46. The number of hydrogen-bond donors (Lipinski definition) is 2. The highest BCUT2D eigenvalue weighted by Crippen LogP contribution is 2.34. The number of aromatic nitrogens is 2. The Labute approximate surface area is 223 Å². The average Bonchev–Trinajstić information content (AvgIpc) is 3.43. The summed E-state index contributed by atoms with van der Waals surface area (Å²) in [6.07, 6.45) is 3.96. The van der Waals surface area contributed by atoms with Crippen molar-refractivity contribution in [2.45, 2.75) is 20.3 Å². The molecule has 2 aromatic heterocycles. The molecule has 0 saturated carbocycles. The largest absolute Gasteiger partial charge is 0.492 e. The van der Waals surface area contributed by atoms with E-state index < -0.39 is 11.8 Å². The van der Waals surface area contributed by atoms with Gasteiger partial charge < -0.3 is 19.7 Å². The van der Waals surface area contributed by atoms with E-state index in [-0.39, 0.29) is 11.4 Å². The van der Waals surface area contributed by atoms with Crippen LogP contribution in [0.2, 0.25) is 0 Å². The number of anilines is 2. The third kappa shape index (κ3) is 6.73. The van der Waals surface area contributed by atoms with Crippen molar-refractivity contribution in [2.75, 3.05) is 36.9 Å². The van der Waals surface area contributed by atoms with Crippen molar-refractivity contribution in [1.29, 1.82) is 5.26 Å². The van der Waals surface area contributed by atoms with Crippen molar-refractivity contribution in [1.82, 2.24) is 14.9 Å². The minimum Gasteiger partial charge on any atom is -0.492 e. The monoisotopic (exact) mass is 534 g/mol. The summed E-state index contributed by atoms with van der Waals surface area (Å²) in [4.78, 5) is 22.7. The Morgan fingerprint density at radius 2 is 1.95 bits per heavy atom. The summed E-state index contributed by atoms with van der Waals surface area (Å²) < 4.78 is 26.5. The minimum atomic E-state index is -0.673. The zero-order chi connectivity index (χ0) is 26.9. The van der Waals surface area contributed by atoms with Gasteiger partial charge in [-0.25, -0.2) is 14.2 Å². The number of rotatable bonds is 11. The van der Waals surface area contributed by atoms with Gasteiger partial charge in [-0.2, -0.15) is 5.26 Å². The maximum Gasteiger partial charge on any atom is 0.325 e. The Morgan fingerprint density at radius 1 is 1.11 bits per heavy atom. The molecule has 2 heterocycles. The van der Waals surface area contributed by atoms with Crippen molar-refractivity contribution < 1.29 is 18.7 Å². The van der Waals surface area contributed by atoms with Crippen LogP contribution in [-0.2, 0) is 0 Å². The topological polar surface area (TPSA) is 112 Å². The molecule has 2 N–H and O–H groups in total. The molecular weight excluding hydrogens is 507 g/mol. The second-order valence-corrected chi connectivity index (χ2v) is 9.07. The van der Waals surface area contributed by atoms with Crippen LogP contribution in [0.4, 0.5) is 20.0 Å². The molecule has 0 fully saturated rings. The molecular formula is C27H27FN6O3S. The smallest absolute Gasteiger partial charge is 0.325 e. The summed E-state index contributed by atoms with van der Waals surface area (Å²) in [5.74, 6) is 0.410. The van der Waals surface area contributed by atoms with Crippen LogP contribution in [-0.4, -0.2) is 47.1 Å². The van der Waals surface area contributed by atoms with Crippen LogP contribution in [0, 0.1) is 17.1 Å². The van der Waals surface area contributed by atoms with Gasteiger partial charge in [0, 0.05) is 41.8 Å². The summed E-state index contributed by atoms with van der Waals surface area (Å²) in [6, 6.07) is 10.7. The van der Waals surface area contributed by atoms with E-state index in [0.717, 1.165) is 26.1 Å². The van der Waals surface area contributed by atoms with Gasteiger partial charge in [-0.05, 0) is 43.8 Å². The normalized spacial score (nSPS) is 10.8. The fourth-order valence-electron chi connectivity index (χ4n) is 3.78. The summed E-state index contributed by atoms with van der Waals surface area (Å²) in [5.41, 5.74) is 0.925. The van der Waals surface area contributed by atoms with E-state index in [0.29, 0.717) is 39.7 Å². The van der Waals surface area contributed by atoms with Crippen molar-refractivity contribution in [2.24, 2.45) is 0 Å². The molecule has 4 aromatic rings. The number of hydrogen-bond acceptors (Lipinski definition) is 8. The highest BCUT2D eigenvalue weighted by atomic mass is 32.1. The predicted octanol–water partition coefficient (Wildman–Crippen LogP) is 6.25. The number of thiazole rings is 1. The van der Waals surface area contributed by atoms with Gasteiger partial charge in [0.25, 0.3) is 0 Å². The summed E-state index contributed by atoms with van der Waals surface area (Å²) in [7, 11) is 0. The number of nitrogens with one attached hydrogen (secondary N) is 2. The highest BCUT2D eigenvalue weighted by molar-refractivity contribution is 7.13. The van der Waals surface area contributed by atoms with Crippen LogP contribution < -0.4 is 20.1 Å². The number of pyridine rings is 1. The second kappa shape index (κ2) is 12.8. The minimum absolute atomic E-state index is 0.0134. The van der Waals surface area contributed by atoms with Gasteiger partial charge in [-0.1, -0.05) is 13.8 Å². The van der Waals surface area contributed by atoms with Crippen molar-refractivity contribution in [3.63, 3.8) is 0 Å². The van der Waals surface area contributed by atoms with Crippen LogP contribution in [0.15, 0.2) is 54.2 Å². The lowest BCUT2D eigenvalue weighted by molar-refractivity contribution is 0.249. The molecule has 11 heteroatoms. The molecule has 0 aliphatic rings. The number of ether oxygens (including phenoxy) is 2. The average molecular weight is 535 g/mol. The summed E-state index contributed by atoms with van der Waals surface area (Å²) in [6.45, 7) is 7.60. The fraction of sp³-hybridized carbons (Fsp3) is 0.259. The zero-order valence-electron chi connectivity index (χ0n) is 21.0. The SMILES string of the molecule is CCN(CC)CCCOc1cc2nccc(Oc3ccc(NC(=O)Nc4nccs4)c(F)c3)c2cc1C#N. The molecule has 2 amide bonds. The first-order chi connectivity index (χ1) is 18.5. The molecule has 196 valence electrons. The maximum atomic E-state index is 14.7. The first-order valence-electron chi connectivity index (χ1n) is 12.1. The lowest BCUT2D eigenvalue weighted by atomic mass is 10.1. The first kappa shape index (κ1) is 26.8. The maximum absolute atomic E-state index is 14.7. The number of nitriles is 1. The van der Waals surface area contributed by atoms with Gasteiger partial charge >= 0.3 is 6.03 Å². The number of urea groups is 1. The Hall–Kier alpha value is -4.27. The Morgan fingerprint density at radius 3 is 2.66 bits per heavy atom. The van der Waals surface area contributed by atoms with E-state index in [1.165, 1.54) is 29.5 Å². The van der Waals surface area contributed by atoms with Gasteiger partial charge in [0.15, 0.2) is 5.13 Å². The highest BCUT2D eigenvalue weighted by Gasteiger charge is 2.14. The Bertz CT molecular complexity index is 1440. The standard InChI is InChI=1S/C27H27FN6O3S/c1-3-34(4-2)11-5-12-36-25-16-23-20(14-18(25)17-29)24(8-9-30-23)37-19-6-7-22(21(28)15-19)32-26(35)33-27-31-10-13-38-27/h6-10,13-16H,3-5,11-12H2,1-2H3,(H2,31,32,33,35). The molecule has 0 saturated heterocycles. The molecule has 0 bridgehead atoms. The second-order valence-electron chi connectivity index (χ2n) is 8.18. The molecule has 9 nitrogen and oxygen atoms in total. The number of nitrogens with zero attached hydrogens (tertiary/aromatic N) is 4. The fourth-order valence-corrected chi connectivity index (χ4v) is 4.30. The quantitative estimate of drug-likeness (QED) is 0.219. The third-order valence-electron chi connectivity index (χ3n) is 5.76. The lowest BCUT2D eigenvalue weighted by Gasteiger charge is -2.18. The number of halogens is 1. The first-order valence-corrected chi connectivity index (χ1v) is 13.0. The molecule has 0 aliphatic heterocycles. The third-order valence-corrected chi connectivity index (χ3v) is 6.45. The van der Waals surface area contributed by atoms with Crippen LogP contribution in [0.1, 0.15) is 25.8 Å². The van der Waals surface area contributed by atoms with Gasteiger partial charge in [0.1, 0.15) is 29.1 Å². The zero-order valence-corrected chi connectivity index (χ0v) is 21.8. The van der Waals surface area contributed by atoms with Gasteiger partial charge in [-0.15, -0.1) is 11.3 Å². The van der Waals surface area contributed by atoms with Crippen LogP contribution >= 0.6 is 11.3 Å². The molecule has 0 aliphatic carbocycles. The van der Waals surface area contributed by atoms with Crippen molar-refractivity contribution in [3.05, 3.63) is 65.6 Å². The van der Waals surface area contributed by atoms with E-state index in [4.69, 9.17) is 9.47 Å². The van der Waals surface area contributed by atoms with Crippen molar-refractivity contribution >= 4 is 39.1 Å². The summed E-state index contributed by atoms with van der Waals surface area (Å²) >= 11 is 1.25. The molecule has 38 heavy (non-hydrogen) atoms. The van der Waals surface area contributed by atoms with E-state index in [1.54, 1.807) is 36.0 Å². The van der Waals surface area contributed by atoms with Gasteiger partial charge in [0.05, 0.1) is 23.4 Å². The number of carbonyl (C=O) groups excluding carboxylic acids is 1. The molecule has 0 spiro atoms. The predicted molar refractivity (Wildman–Crippen MR) is 146 cm³/mol. The number of fused-ring (bicyclic) bond motifs is 1. The molecule has 2 aromatic carbocycles. The molecule has 0 radical (unpaired) electrons.